The SMILES string of the molecule is C[C@@H](N)c1ccc(N(C)Cc2cnn(C)c2)c(Cl)c1. The van der Waals surface area contributed by atoms with Gasteiger partial charge in [0.2, 0.25) is 0 Å². The van der Waals surface area contributed by atoms with E-state index in [0.29, 0.717) is 0 Å². The maximum Gasteiger partial charge on any atom is 0.0642 e. The summed E-state index contributed by atoms with van der Waals surface area (Å²) in [5, 5.41) is 4.89. The van der Waals surface area contributed by atoms with Crippen molar-refractivity contribution in [3.05, 3.63) is 46.7 Å². The van der Waals surface area contributed by atoms with Crippen LogP contribution in [-0.4, -0.2) is 16.8 Å². The Morgan fingerprint density at radius 1 is 1.47 bits per heavy atom. The monoisotopic (exact) mass is 278 g/mol. The fourth-order valence-corrected chi connectivity index (χ4v) is 2.36. The molecule has 0 saturated heterocycles. The standard InChI is InChI=1S/C14H19ClN4/c1-10(16)12-4-5-14(13(15)6-12)18(2)8-11-7-17-19(3)9-11/h4-7,9-10H,8,16H2,1-3H3/t10-/m1/s1. The molecule has 1 atom stereocenters. The average molecular weight is 279 g/mol. The summed E-state index contributed by atoms with van der Waals surface area (Å²) in [6.07, 6.45) is 3.86. The predicted octanol–water partition coefficient (Wildman–Crippen LogP) is 2.73. The molecule has 0 unspecified atom stereocenters. The first-order chi connectivity index (χ1) is 8.97. The maximum atomic E-state index is 6.32. The molecule has 0 saturated carbocycles. The minimum absolute atomic E-state index is 0.00446. The highest BCUT2D eigenvalue weighted by Gasteiger charge is 2.10. The third-order valence-electron chi connectivity index (χ3n) is 3.09. The van der Waals surface area contributed by atoms with Crippen LogP contribution in [0.5, 0.6) is 0 Å². The summed E-state index contributed by atoms with van der Waals surface area (Å²) in [5.41, 5.74) is 9.04. The molecule has 1 aromatic heterocycles. The van der Waals surface area contributed by atoms with Crippen LogP contribution < -0.4 is 10.6 Å². The number of hydrogen-bond donors (Lipinski definition) is 1. The molecule has 0 aliphatic carbocycles. The molecule has 5 heteroatoms. The molecular weight excluding hydrogens is 260 g/mol. The Kier molecular flexibility index (Phi) is 4.12. The van der Waals surface area contributed by atoms with E-state index in [-0.39, 0.29) is 6.04 Å². The van der Waals surface area contributed by atoms with Gasteiger partial charge in [-0.15, -0.1) is 0 Å². The van der Waals surface area contributed by atoms with Crippen LogP contribution in [0.3, 0.4) is 0 Å². The van der Waals surface area contributed by atoms with E-state index in [0.717, 1.165) is 28.4 Å². The molecule has 0 spiro atoms. The number of nitrogens with two attached hydrogens (primary N) is 1. The van der Waals surface area contributed by atoms with E-state index in [9.17, 15) is 0 Å². The minimum atomic E-state index is -0.00446. The van der Waals surface area contributed by atoms with Crippen LogP contribution in [0.25, 0.3) is 0 Å². The Morgan fingerprint density at radius 2 is 2.21 bits per heavy atom. The second kappa shape index (κ2) is 5.63. The molecule has 0 radical (unpaired) electrons. The van der Waals surface area contributed by atoms with Gasteiger partial charge < -0.3 is 10.6 Å². The van der Waals surface area contributed by atoms with Crippen LogP contribution in [0, 0.1) is 0 Å². The van der Waals surface area contributed by atoms with E-state index in [1.807, 2.05) is 51.6 Å². The zero-order chi connectivity index (χ0) is 14.0. The van der Waals surface area contributed by atoms with E-state index in [1.54, 1.807) is 4.68 Å². The van der Waals surface area contributed by atoms with E-state index in [2.05, 4.69) is 10.00 Å². The van der Waals surface area contributed by atoms with E-state index in [4.69, 9.17) is 17.3 Å². The van der Waals surface area contributed by atoms with Gasteiger partial charge in [0.15, 0.2) is 0 Å². The van der Waals surface area contributed by atoms with E-state index in [1.165, 1.54) is 0 Å². The number of hydrogen-bond acceptors (Lipinski definition) is 3. The summed E-state index contributed by atoms with van der Waals surface area (Å²) in [4.78, 5) is 2.10. The van der Waals surface area contributed by atoms with Gasteiger partial charge in [-0.05, 0) is 24.6 Å². The van der Waals surface area contributed by atoms with E-state index < -0.39 is 0 Å². The summed E-state index contributed by atoms with van der Waals surface area (Å²) in [7, 11) is 3.92. The van der Waals surface area contributed by atoms with Crippen LogP contribution in [0.2, 0.25) is 5.02 Å². The summed E-state index contributed by atoms with van der Waals surface area (Å²) < 4.78 is 1.80. The molecule has 4 nitrogen and oxygen atoms in total. The number of aromatic nitrogens is 2. The summed E-state index contributed by atoms with van der Waals surface area (Å²) >= 11 is 6.32. The number of halogens is 1. The lowest BCUT2D eigenvalue weighted by Gasteiger charge is -2.21. The quantitative estimate of drug-likeness (QED) is 0.935. The second-order valence-electron chi connectivity index (χ2n) is 4.88. The van der Waals surface area contributed by atoms with Crippen molar-refractivity contribution in [3.8, 4) is 0 Å². The van der Waals surface area contributed by atoms with Gasteiger partial charge in [-0.3, -0.25) is 4.68 Å². The topological polar surface area (TPSA) is 47.1 Å². The zero-order valence-corrected chi connectivity index (χ0v) is 12.2. The summed E-state index contributed by atoms with van der Waals surface area (Å²) in [6, 6.07) is 5.96. The average Bonchev–Trinajstić information content (AvgIpc) is 2.74. The Labute approximate surface area is 118 Å². The number of aryl methyl sites for hydroxylation is 1. The highest BCUT2D eigenvalue weighted by atomic mass is 35.5. The molecule has 2 rings (SSSR count). The lowest BCUT2D eigenvalue weighted by molar-refractivity contribution is 0.766. The Bertz CT molecular complexity index is 562. The van der Waals surface area contributed by atoms with Crippen molar-refractivity contribution >= 4 is 17.3 Å². The zero-order valence-electron chi connectivity index (χ0n) is 11.5. The van der Waals surface area contributed by atoms with Gasteiger partial charge in [-0.2, -0.15) is 5.10 Å². The first-order valence-electron chi connectivity index (χ1n) is 6.21. The highest BCUT2D eigenvalue weighted by Crippen LogP contribution is 2.28. The minimum Gasteiger partial charge on any atom is -0.369 e. The third-order valence-corrected chi connectivity index (χ3v) is 3.39. The molecular formula is C14H19ClN4. The van der Waals surface area contributed by atoms with E-state index >= 15 is 0 Å². The lowest BCUT2D eigenvalue weighted by atomic mass is 10.1. The number of rotatable bonds is 4. The third kappa shape index (κ3) is 3.28. The van der Waals surface area contributed by atoms with Gasteiger partial charge in [-0.1, -0.05) is 17.7 Å². The first kappa shape index (κ1) is 13.9. The van der Waals surface area contributed by atoms with Crippen LogP contribution in [0.4, 0.5) is 5.69 Å². The largest absolute Gasteiger partial charge is 0.369 e. The Balaban J connectivity index is 2.17. The summed E-state index contributed by atoms with van der Waals surface area (Å²) in [5.74, 6) is 0. The van der Waals surface area contributed by atoms with Gasteiger partial charge in [0, 0.05) is 38.4 Å². The van der Waals surface area contributed by atoms with Crippen LogP contribution >= 0.6 is 11.6 Å². The van der Waals surface area contributed by atoms with Gasteiger partial charge in [-0.25, -0.2) is 0 Å². The Morgan fingerprint density at radius 3 is 2.74 bits per heavy atom. The fraction of sp³-hybridized carbons (Fsp3) is 0.357. The molecule has 0 aliphatic rings. The van der Waals surface area contributed by atoms with Crippen molar-refractivity contribution in [1.82, 2.24) is 9.78 Å². The molecule has 1 aromatic carbocycles. The lowest BCUT2D eigenvalue weighted by Crippen LogP contribution is -2.17. The molecule has 19 heavy (non-hydrogen) atoms. The van der Waals surface area contributed by atoms with Crippen LogP contribution in [0.15, 0.2) is 30.6 Å². The first-order valence-corrected chi connectivity index (χ1v) is 6.59. The Hall–Kier alpha value is -1.52. The van der Waals surface area contributed by atoms with Gasteiger partial charge in [0.05, 0.1) is 16.9 Å². The van der Waals surface area contributed by atoms with Crippen molar-refractivity contribution in [1.29, 1.82) is 0 Å². The van der Waals surface area contributed by atoms with Crippen molar-refractivity contribution in [2.75, 3.05) is 11.9 Å². The number of nitrogens with zero attached hydrogens (tertiary/aromatic N) is 3. The molecule has 0 bridgehead atoms. The molecule has 0 aliphatic heterocycles. The molecule has 0 amide bonds. The number of benzene rings is 1. The maximum absolute atomic E-state index is 6.32. The molecule has 0 fully saturated rings. The van der Waals surface area contributed by atoms with Crippen molar-refractivity contribution in [3.63, 3.8) is 0 Å². The smallest absolute Gasteiger partial charge is 0.0642 e. The van der Waals surface area contributed by atoms with Crippen LogP contribution in [0.1, 0.15) is 24.1 Å². The van der Waals surface area contributed by atoms with Crippen molar-refractivity contribution in [2.24, 2.45) is 12.8 Å². The van der Waals surface area contributed by atoms with Gasteiger partial charge >= 0.3 is 0 Å². The van der Waals surface area contributed by atoms with Crippen LogP contribution in [-0.2, 0) is 13.6 Å². The number of anilines is 1. The fourth-order valence-electron chi connectivity index (χ4n) is 2.03. The molecule has 102 valence electrons. The van der Waals surface area contributed by atoms with Gasteiger partial charge in [0.25, 0.3) is 0 Å². The van der Waals surface area contributed by atoms with Gasteiger partial charge in [0.1, 0.15) is 0 Å². The second-order valence-corrected chi connectivity index (χ2v) is 5.29. The molecule has 1 heterocycles. The van der Waals surface area contributed by atoms with Crippen molar-refractivity contribution < 1.29 is 0 Å². The van der Waals surface area contributed by atoms with Crippen molar-refractivity contribution in [2.45, 2.75) is 19.5 Å². The molecule has 2 N–H and O–H groups in total. The highest BCUT2D eigenvalue weighted by molar-refractivity contribution is 6.33. The normalized spacial score (nSPS) is 12.5. The predicted molar refractivity (Wildman–Crippen MR) is 79.4 cm³/mol. The summed E-state index contributed by atoms with van der Waals surface area (Å²) in [6.45, 7) is 2.72. The molecule has 2 aromatic rings.